The Morgan fingerprint density at radius 2 is 1.76 bits per heavy atom. The van der Waals surface area contributed by atoms with Crippen molar-refractivity contribution in [2.24, 2.45) is 0 Å². The van der Waals surface area contributed by atoms with E-state index in [1.165, 1.54) is 17.7 Å². The summed E-state index contributed by atoms with van der Waals surface area (Å²) in [6, 6.07) is 12.5. The van der Waals surface area contributed by atoms with Crippen LogP contribution in [0.25, 0.3) is 0 Å². The van der Waals surface area contributed by atoms with E-state index in [4.69, 9.17) is 5.26 Å². The fourth-order valence-electron chi connectivity index (χ4n) is 2.78. The van der Waals surface area contributed by atoms with Gasteiger partial charge in [-0.15, -0.1) is 0 Å². The molecule has 2 aromatic rings. The lowest BCUT2D eigenvalue weighted by Crippen LogP contribution is -2.24. The summed E-state index contributed by atoms with van der Waals surface area (Å²) in [5.74, 6) is -2.00. The molecule has 2 aromatic carbocycles. The second-order valence-corrected chi connectivity index (χ2v) is 5.17. The van der Waals surface area contributed by atoms with E-state index in [1.54, 1.807) is 6.07 Å². The van der Waals surface area contributed by atoms with Gasteiger partial charge in [0.25, 0.3) is 0 Å². The van der Waals surface area contributed by atoms with Gasteiger partial charge in [0.2, 0.25) is 0 Å². The van der Waals surface area contributed by atoms with Crippen molar-refractivity contribution in [3.8, 4) is 6.07 Å². The summed E-state index contributed by atoms with van der Waals surface area (Å²) in [6.45, 7) is 1.22. The third-order valence-corrected chi connectivity index (χ3v) is 3.88. The number of halogens is 2. The summed E-state index contributed by atoms with van der Waals surface area (Å²) >= 11 is 0. The van der Waals surface area contributed by atoms with Crippen molar-refractivity contribution in [3.63, 3.8) is 0 Å². The Hall–Kier alpha value is -2.41. The first-order valence-electron chi connectivity index (χ1n) is 6.90. The zero-order valence-corrected chi connectivity index (χ0v) is 11.4. The lowest BCUT2D eigenvalue weighted by Gasteiger charge is -2.24. The molecule has 1 heterocycles. The van der Waals surface area contributed by atoms with Crippen LogP contribution in [0.1, 0.15) is 23.1 Å². The number of fused-ring (bicyclic) bond motifs is 1. The molecule has 4 heteroatoms. The van der Waals surface area contributed by atoms with Crippen LogP contribution in [0.2, 0.25) is 0 Å². The second kappa shape index (κ2) is 5.53. The molecule has 21 heavy (non-hydrogen) atoms. The zero-order valence-electron chi connectivity index (χ0n) is 11.4. The number of benzene rings is 2. The molecule has 0 saturated carbocycles. The maximum Gasteiger partial charge on any atom is 0.183 e. The summed E-state index contributed by atoms with van der Waals surface area (Å²) < 4.78 is 28.0. The van der Waals surface area contributed by atoms with E-state index in [-0.39, 0.29) is 11.3 Å². The molecule has 1 aliphatic heterocycles. The van der Waals surface area contributed by atoms with E-state index in [0.29, 0.717) is 13.1 Å². The summed E-state index contributed by atoms with van der Waals surface area (Å²) in [5, 5.41) is 8.75. The molecule has 0 fully saturated rings. The molecule has 0 saturated heterocycles. The molecule has 0 spiro atoms. The fourth-order valence-corrected chi connectivity index (χ4v) is 2.78. The van der Waals surface area contributed by atoms with E-state index in [2.05, 4.69) is 6.07 Å². The smallest absolute Gasteiger partial charge is 0.183 e. The lowest BCUT2D eigenvalue weighted by molar-refractivity contribution is 0.503. The maximum atomic E-state index is 14.2. The van der Waals surface area contributed by atoms with Crippen LogP contribution in [0.5, 0.6) is 0 Å². The van der Waals surface area contributed by atoms with Crippen molar-refractivity contribution in [2.45, 2.75) is 19.4 Å². The lowest BCUT2D eigenvalue weighted by atomic mass is 10.0. The standard InChI is InChI=1S/C17H14F2N2/c18-16-13(10-20)7-8-15(17(16)19)21-9-3-6-12-4-1-2-5-14(12)11-21/h1-2,4-5,7-8H,3,6,9,11H2. The minimum absolute atomic E-state index is 0.225. The maximum absolute atomic E-state index is 14.2. The fraction of sp³-hybridized carbons (Fsp3) is 0.235. The first kappa shape index (κ1) is 13.6. The van der Waals surface area contributed by atoms with Crippen LogP contribution in [-0.2, 0) is 13.0 Å². The molecule has 0 atom stereocenters. The van der Waals surface area contributed by atoms with Crippen LogP contribution < -0.4 is 4.90 Å². The molecule has 0 N–H and O–H groups in total. The molecule has 0 bridgehead atoms. The zero-order chi connectivity index (χ0) is 14.8. The number of hydrogen-bond donors (Lipinski definition) is 0. The molecule has 2 nitrogen and oxygen atoms in total. The minimum Gasteiger partial charge on any atom is -0.365 e. The Morgan fingerprint density at radius 3 is 2.52 bits per heavy atom. The van der Waals surface area contributed by atoms with Crippen molar-refractivity contribution in [3.05, 3.63) is 64.7 Å². The molecule has 106 valence electrons. The van der Waals surface area contributed by atoms with Gasteiger partial charge in [-0.05, 0) is 36.1 Å². The highest BCUT2D eigenvalue weighted by molar-refractivity contribution is 5.53. The highest BCUT2D eigenvalue weighted by Crippen LogP contribution is 2.28. The number of nitrogens with zero attached hydrogens (tertiary/aromatic N) is 2. The van der Waals surface area contributed by atoms with Crippen molar-refractivity contribution >= 4 is 5.69 Å². The molecule has 0 unspecified atom stereocenters. The number of aryl methyl sites for hydroxylation is 1. The SMILES string of the molecule is N#Cc1ccc(N2CCCc3ccccc3C2)c(F)c1F. The number of anilines is 1. The first-order valence-corrected chi connectivity index (χ1v) is 6.90. The Labute approximate surface area is 122 Å². The number of hydrogen-bond acceptors (Lipinski definition) is 2. The van der Waals surface area contributed by atoms with Gasteiger partial charge in [-0.25, -0.2) is 8.78 Å². The van der Waals surface area contributed by atoms with Gasteiger partial charge >= 0.3 is 0 Å². The Kier molecular flexibility index (Phi) is 3.57. The van der Waals surface area contributed by atoms with E-state index in [0.717, 1.165) is 18.4 Å². The van der Waals surface area contributed by atoms with Gasteiger partial charge in [0.1, 0.15) is 6.07 Å². The van der Waals surface area contributed by atoms with Gasteiger partial charge in [0, 0.05) is 13.1 Å². The summed E-state index contributed by atoms with van der Waals surface area (Å²) in [4.78, 5) is 1.84. The average molecular weight is 284 g/mol. The van der Waals surface area contributed by atoms with Crippen LogP contribution in [0.15, 0.2) is 36.4 Å². The van der Waals surface area contributed by atoms with E-state index in [9.17, 15) is 8.78 Å². The second-order valence-electron chi connectivity index (χ2n) is 5.17. The van der Waals surface area contributed by atoms with Crippen LogP contribution >= 0.6 is 0 Å². The quantitative estimate of drug-likeness (QED) is 0.796. The Balaban J connectivity index is 1.99. The van der Waals surface area contributed by atoms with Crippen molar-refractivity contribution in [1.82, 2.24) is 0 Å². The number of rotatable bonds is 1. The van der Waals surface area contributed by atoms with E-state index in [1.807, 2.05) is 23.1 Å². The molecule has 0 radical (unpaired) electrons. The normalized spacial score (nSPS) is 14.2. The average Bonchev–Trinajstić information content (AvgIpc) is 2.72. The van der Waals surface area contributed by atoms with Gasteiger partial charge in [-0.1, -0.05) is 24.3 Å². The predicted molar refractivity (Wildman–Crippen MR) is 76.9 cm³/mol. The Morgan fingerprint density at radius 1 is 1.00 bits per heavy atom. The third kappa shape index (κ3) is 2.47. The van der Waals surface area contributed by atoms with Crippen LogP contribution in [-0.4, -0.2) is 6.54 Å². The summed E-state index contributed by atoms with van der Waals surface area (Å²) in [7, 11) is 0. The largest absolute Gasteiger partial charge is 0.365 e. The van der Waals surface area contributed by atoms with E-state index >= 15 is 0 Å². The predicted octanol–water partition coefficient (Wildman–Crippen LogP) is 3.79. The first-order chi connectivity index (χ1) is 10.2. The van der Waals surface area contributed by atoms with Crippen molar-refractivity contribution in [2.75, 3.05) is 11.4 Å². The topological polar surface area (TPSA) is 27.0 Å². The third-order valence-electron chi connectivity index (χ3n) is 3.88. The summed E-state index contributed by atoms with van der Waals surface area (Å²) in [6.07, 6.45) is 1.82. The van der Waals surface area contributed by atoms with Crippen LogP contribution in [0.4, 0.5) is 14.5 Å². The van der Waals surface area contributed by atoms with Crippen molar-refractivity contribution < 1.29 is 8.78 Å². The summed E-state index contributed by atoms with van der Waals surface area (Å²) in [5.41, 5.74) is 2.36. The Bertz CT molecular complexity index is 719. The van der Waals surface area contributed by atoms with Gasteiger partial charge in [-0.3, -0.25) is 0 Å². The van der Waals surface area contributed by atoms with Gasteiger partial charge in [0.15, 0.2) is 11.6 Å². The van der Waals surface area contributed by atoms with Crippen LogP contribution in [0.3, 0.4) is 0 Å². The van der Waals surface area contributed by atoms with Gasteiger partial charge in [0.05, 0.1) is 11.3 Å². The monoisotopic (exact) mass is 284 g/mol. The van der Waals surface area contributed by atoms with E-state index < -0.39 is 11.6 Å². The molecular weight excluding hydrogens is 270 g/mol. The molecule has 0 aliphatic carbocycles. The number of nitriles is 1. The van der Waals surface area contributed by atoms with Gasteiger partial charge in [-0.2, -0.15) is 5.26 Å². The van der Waals surface area contributed by atoms with Crippen LogP contribution in [0, 0.1) is 23.0 Å². The van der Waals surface area contributed by atoms with Crippen molar-refractivity contribution in [1.29, 1.82) is 5.26 Å². The molecule has 0 amide bonds. The molecule has 1 aliphatic rings. The highest BCUT2D eigenvalue weighted by Gasteiger charge is 2.20. The molecule has 3 rings (SSSR count). The minimum atomic E-state index is -1.06. The molecular formula is C17H14F2N2. The highest BCUT2D eigenvalue weighted by atomic mass is 19.2. The van der Waals surface area contributed by atoms with Gasteiger partial charge < -0.3 is 4.90 Å². The molecule has 0 aromatic heterocycles.